The molecule has 1 rings (SSSR count). The number of amides is 1. The molecule has 118 valence electrons. The molecule has 1 atom stereocenters. The summed E-state index contributed by atoms with van der Waals surface area (Å²) >= 11 is 0. The van der Waals surface area contributed by atoms with Gasteiger partial charge in [-0.05, 0) is 31.5 Å². The highest BCUT2D eigenvalue weighted by molar-refractivity contribution is 5.81. The van der Waals surface area contributed by atoms with Gasteiger partial charge in [-0.15, -0.1) is 0 Å². The smallest absolute Gasteiger partial charge is 0.237 e. The molecule has 1 aromatic rings. The predicted molar refractivity (Wildman–Crippen MR) is 87.8 cm³/mol. The number of likely N-dealkylation sites (N-methyl/N-ethyl adjacent to an activating group) is 1. The maximum atomic E-state index is 12.1. The van der Waals surface area contributed by atoms with Crippen molar-refractivity contribution in [2.45, 2.75) is 52.2 Å². The predicted octanol–water partition coefficient (Wildman–Crippen LogP) is 2.27. The minimum Gasteiger partial charge on any atom is -0.355 e. The summed E-state index contributed by atoms with van der Waals surface area (Å²) in [6.07, 6.45) is 3.39. The van der Waals surface area contributed by atoms with E-state index in [-0.39, 0.29) is 11.9 Å². The van der Waals surface area contributed by atoms with Gasteiger partial charge in [-0.3, -0.25) is 9.69 Å². The minimum atomic E-state index is -0.131. The Kier molecular flexibility index (Phi) is 8.01. The highest BCUT2D eigenvalue weighted by Gasteiger charge is 2.17. The van der Waals surface area contributed by atoms with Gasteiger partial charge >= 0.3 is 0 Å². The van der Waals surface area contributed by atoms with Gasteiger partial charge in [0.05, 0.1) is 6.04 Å². The van der Waals surface area contributed by atoms with E-state index in [9.17, 15) is 4.79 Å². The molecular weight excluding hydrogens is 262 g/mol. The average Bonchev–Trinajstić information content (AvgIpc) is 2.50. The van der Waals surface area contributed by atoms with E-state index in [1.54, 1.807) is 0 Å². The molecule has 0 aromatic heterocycles. The van der Waals surface area contributed by atoms with E-state index in [0.29, 0.717) is 6.54 Å². The van der Waals surface area contributed by atoms with Crippen molar-refractivity contribution < 1.29 is 4.79 Å². The summed E-state index contributed by atoms with van der Waals surface area (Å²) in [6, 6.07) is 8.08. The van der Waals surface area contributed by atoms with Crippen LogP contribution in [0.25, 0.3) is 0 Å². The maximum absolute atomic E-state index is 12.1. The summed E-state index contributed by atoms with van der Waals surface area (Å²) in [4.78, 5) is 14.1. The topological polar surface area (TPSA) is 58.4 Å². The number of carbonyl (C=O) groups is 1. The van der Waals surface area contributed by atoms with Gasteiger partial charge in [0.15, 0.2) is 0 Å². The van der Waals surface area contributed by atoms with E-state index in [1.807, 2.05) is 26.1 Å². The molecule has 0 aliphatic rings. The number of nitrogens with zero attached hydrogens (tertiary/aromatic N) is 1. The first kappa shape index (κ1) is 17.7. The third kappa shape index (κ3) is 6.27. The molecule has 3 N–H and O–H groups in total. The second-order valence-electron chi connectivity index (χ2n) is 5.61. The molecule has 1 unspecified atom stereocenters. The molecule has 0 bridgehead atoms. The number of carbonyl (C=O) groups excluding carboxylic acids is 1. The minimum absolute atomic E-state index is 0.101. The Bertz CT molecular complexity index is 434. The fourth-order valence-corrected chi connectivity index (χ4v) is 2.21. The summed E-state index contributed by atoms with van der Waals surface area (Å²) in [7, 11) is 1.98. The Hall–Kier alpha value is -1.39. The molecule has 0 saturated heterocycles. The van der Waals surface area contributed by atoms with E-state index < -0.39 is 0 Å². The van der Waals surface area contributed by atoms with Crippen molar-refractivity contribution in [2.24, 2.45) is 5.73 Å². The molecule has 0 radical (unpaired) electrons. The Morgan fingerprint density at radius 2 is 2.05 bits per heavy atom. The van der Waals surface area contributed by atoms with Crippen LogP contribution in [0.4, 0.5) is 0 Å². The van der Waals surface area contributed by atoms with Crippen LogP contribution in [0.5, 0.6) is 0 Å². The van der Waals surface area contributed by atoms with Crippen molar-refractivity contribution >= 4 is 5.91 Å². The third-order valence-electron chi connectivity index (χ3n) is 3.78. The molecule has 0 saturated carbocycles. The van der Waals surface area contributed by atoms with Crippen LogP contribution in [0.2, 0.25) is 0 Å². The number of hydrogen-bond acceptors (Lipinski definition) is 3. The zero-order chi connectivity index (χ0) is 15.7. The zero-order valence-electron chi connectivity index (χ0n) is 13.6. The lowest BCUT2D eigenvalue weighted by molar-refractivity contribution is -0.125. The van der Waals surface area contributed by atoms with Gasteiger partial charge in [-0.2, -0.15) is 0 Å². The van der Waals surface area contributed by atoms with Crippen LogP contribution in [0.1, 0.15) is 44.2 Å². The maximum Gasteiger partial charge on any atom is 0.237 e. The number of unbranched alkanes of at least 4 members (excludes halogenated alkanes) is 2. The first-order valence-electron chi connectivity index (χ1n) is 7.84. The van der Waals surface area contributed by atoms with Crippen molar-refractivity contribution in [1.29, 1.82) is 0 Å². The van der Waals surface area contributed by atoms with Crippen molar-refractivity contribution in [2.75, 3.05) is 13.6 Å². The van der Waals surface area contributed by atoms with E-state index >= 15 is 0 Å². The van der Waals surface area contributed by atoms with Crippen LogP contribution in [0.3, 0.4) is 0 Å². The highest BCUT2D eigenvalue weighted by atomic mass is 16.2. The van der Waals surface area contributed by atoms with Crippen LogP contribution in [-0.2, 0) is 17.9 Å². The van der Waals surface area contributed by atoms with Gasteiger partial charge in [-0.1, -0.05) is 44.0 Å². The zero-order valence-corrected chi connectivity index (χ0v) is 13.6. The van der Waals surface area contributed by atoms with Gasteiger partial charge in [0.25, 0.3) is 0 Å². The largest absolute Gasteiger partial charge is 0.355 e. The normalized spacial score (nSPS) is 12.4. The van der Waals surface area contributed by atoms with Crippen LogP contribution in [0.15, 0.2) is 24.3 Å². The van der Waals surface area contributed by atoms with E-state index in [1.165, 1.54) is 12.0 Å². The van der Waals surface area contributed by atoms with Crippen LogP contribution < -0.4 is 11.1 Å². The molecule has 4 nitrogen and oxygen atoms in total. The molecule has 0 aliphatic heterocycles. The fraction of sp³-hybridized carbons (Fsp3) is 0.588. The first-order chi connectivity index (χ1) is 10.1. The molecule has 0 fully saturated rings. The van der Waals surface area contributed by atoms with Crippen molar-refractivity contribution in [3.8, 4) is 0 Å². The monoisotopic (exact) mass is 291 g/mol. The third-order valence-corrected chi connectivity index (χ3v) is 3.78. The first-order valence-corrected chi connectivity index (χ1v) is 7.84. The van der Waals surface area contributed by atoms with E-state index in [0.717, 1.165) is 31.5 Å². The molecule has 0 spiro atoms. The van der Waals surface area contributed by atoms with Crippen molar-refractivity contribution in [1.82, 2.24) is 10.2 Å². The summed E-state index contributed by atoms with van der Waals surface area (Å²) in [6.45, 7) is 6.17. The molecule has 1 aromatic carbocycles. The van der Waals surface area contributed by atoms with E-state index in [4.69, 9.17) is 5.73 Å². The molecule has 4 heteroatoms. The molecule has 0 aliphatic carbocycles. The van der Waals surface area contributed by atoms with Crippen LogP contribution in [-0.4, -0.2) is 30.4 Å². The van der Waals surface area contributed by atoms with E-state index in [2.05, 4.69) is 29.3 Å². The number of rotatable bonds is 9. The number of nitrogens with two attached hydrogens (primary N) is 1. The number of nitrogens with one attached hydrogen (secondary N) is 1. The summed E-state index contributed by atoms with van der Waals surface area (Å²) < 4.78 is 0. The van der Waals surface area contributed by atoms with Crippen molar-refractivity contribution in [3.63, 3.8) is 0 Å². The van der Waals surface area contributed by atoms with Gasteiger partial charge in [0.1, 0.15) is 0 Å². The molecule has 21 heavy (non-hydrogen) atoms. The Morgan fingerprint density at radius 1 is 1.33 bits per heavy atom. The lowest BCUT2D eigenvalue weighted by Gasteiger charge is -2.24. The van der Waals surface area contributed by atoms with Crippen LogP contribution in [0, 0.1) is 0 Å². The van der Waals surface area contributed by atoms with Crippen molar-refractivity contribution in [3.05, 3.63) is 35.4 Å². The van der Waals surface area contributed by atoms with Gasteiger partial charge in [-0.25, -0.2) is 0 Å². The summed E-state index contributed by atoms with van der Waals surface area (Å²) in [5.74, 6) is 0.101. The van der Waals surface area contributed by atoms with Gasteiger partial charge < -0.3 is 11.1 Å². The molecule has 1 amide bonds. The Labute approximate surface area is 128 Å². The molecular formula is C17H29N3O. The number of hydrogen-bond donors (Lipinski definition) is 2. The molecule has 0 heterocycles. The average molecular weight is 291 g/mol. The van der Waals surface area contributed by atoms with Gasteiger partial charge in [0.2, 0.25) is 5.91 Å². The second-order valence-corrected chi connectivity index (χ2v) is 5.61. The lowest BCUT2D eigenvalue weighted by atomic mass is 10.1. The number of benzene rings is 1. The van der Waals surface area contributed by atoms with Gasteiger partial charge in [0, 0.05) is 19.6 Å². The standard InChI is InChI=1S/C17H29N3O/c1-4-5-6-10-19-17(21)14(2)20(3)13-16-9-7-8-15(11-16)12-18/h7-9,11,14H,4-6,10,12-13,18H2,1-3H3,(H,19,21). The summed E-state index contributed by atoms with van der Waals surface area (Å²) in [5, 5.41) is 3.01. The lowest BCUT2D eigenvalue weighted by Crippen LogP contribution is -2.43. The fourth-order valence-electron chi connectivity index (χ4n) is 2.21. The SMILES string of the molecule is CCCCCNC(=O)C(C)N(C)Cc1cccc(CN)c1. The Balaban J connectivity index is 2.45. The Morgan fingerprint density at radius 3 is 2.71 bits per heavy atom. The van der Waals surface area contributed by atoms with Crippen LogP contribution >= 0.6 is 0 Å². The second kappa shape index (κ2) is 9.53. The highest BCUT2D eigenvalue weighted by Crippen LogP contribution is 2.09. The quantitative estimate of drug-likeness (QED) is 0.686. The summed E-state index contributed by atoms with van der Waals surface area (Å²) in [5.41, 5.74) is 7.97.